The maximum atomic E-state index is 14.5. The van der Waals surface area contributed by atoms with Gasteiger partial charge in [0.05, 0.1) is 24.4 Å². The first-order chi connectivity index (χ1) is 17.9. The number of aromatic nitrogens is 2. The zero-order valence-corrected chi connectivity index (χ0v) is 23.3. The number of carbonyl (C=O) groups is 3. The molecule has 7 nitrogen and oxygen atoms in total. The fraction of sp³-hybridized carbons (Fsp3) is 0.600. The van der Waals surface area contributed by atoms with Crippen LogP contribution >= 0.6 is 0 Å². The predicted octanol–water partition coefficient (Wildman–Crippen LogP) is 5.30. The second-order valence-corrected chi connectivity index (χ2v) is 12.2. The minimum Gasteiger partial charge on any atom is -0.346 e. The molecule has 0 radical (unpaired) electrons. The Morgan fingerprint density at radius 1 is 1.21 bits per heavy atom. The molecule has 2 fully saturated rings. The van der Waals surface area contributed by atoms with Crippen molar-refractivity contribution in [1.82, 2.24) is 20.2 Å². The average molecular weight is 525 g/mol. The first-order valence-corrected chi connectivity index (χ1v) is 13.9. The van der Waals surface area contributed by atoms with Gasteiger partial charge in [-0.1, -0.05) is 26.8 Å². The number of carbonyl (C=O) groups excluding carboxylic acids is 3. The van der Waals surface area contributed by atoms with Gasteiger partial charge in [0.25, 0.3) is 0 Å². The van der Waals surface area contributed by atoms with Crippen molar-refractivity contribution < 1.29 is 18.8 Å². The average Bonchev–Trinajstić information content (AvgIpc) is 3.32. The molecule has 2 aliphatic rings. The van der Waals surface area contributed by atoms with E-state index in [-0.39, 0.29) is 59.5 Å². The lowest BCUT2D eigenvalue weighted by Crippen LogP contribution is -2.51. The standard InChI is InChI=1S/C30H41FN4O3/c1-18-9-10-22(23(31)12-18)25-17-32-28(33-25)19(2)13-26(36)24(34-29(38)21-15-30(4,5)16-21)14-27(37)35-11-7-6-8-20(35)3/h9-10,12,17,19-21,24H,6-8,11,13-16H2,1-5H3,(H,32,33)(H,34,38)/t19-,20+,24+/m1/s1. The van der Waals surface area contributed by atoms with Crippen LogP contribution in [0.5, 0.6) is 0 Å². The number of Topliss-reactive ketones (excluding diaryl/α,β-unsaturated/α-hetero) is 1. The fourth-order valence-electron chi connectivity index (χ4n) is 5.86. The maximum Gasteiger partial charge on any atom is 0.225 e. The number of rotatable bonds is 9. The zero-order chi connectivity index (χ0) is 27.6. The normalized spacial score (nSPS) is 20.9. The lowest BCUT2D eigenvalue weighted by molar-refractivity contribution is -0.140. The van der Waals surface area contributed by atoms with Gasteiger partial charge in [0.1, 0.15) is 11.6 Å². The first kappa shape index (κ1) is 28.0. The fourth-order valence-corrected chi connectivity index (χ4v) is 5.86. The Morgan fingerprint density at radius 3 is 2.61 bits per heavy atom. The SMILES string of the molecule is Cc1ccc(-c2cnc([C@H](C)CC(=O)[C@H](CC(=O)N3CCCC[C@@H]3C)NC(=O)C3CC(C)(C)C3)[nH]2)c(F)c1. The molecule has 1 aromatic heterocycles. The molecular weight excluding hydrogens is 483 g/mol. The van der Waals surface area contributed by atoms with Gasteiger partial charge in [-0.3, -0.25) is 14.4 Å². The number of piperidine rings is 1. The third kappa shape index (κ3) is 6.51. The van der Waals surface area contributed by atoms with Crippen LogP contribution in [0.3, 0.4) is 0 Å². The highest BCUT2D eigenvalue weighted by Gasteiger charge is 2.41. The Morgan fingerprint density at radius 2 is 1.95 bits per heavy atom. The molecule has 2 N–H and O–H groups in total. The molecule has 0 unspecified atom stereocenters. The number of hydrogen-bond acceptors (Lipinski definition) is 4. The molecule has 1 saturated heterocycles. The van der Waals surface area contributed by atoms with E-state index in [1.165, 1.54) is 6.07 Å². The number of halogens is 1. The van der Waals surface area contributed by atoms with Gasteiger partial charge in [-0.05, 0) is 69.1 Å². The highest BCUT2D eigenvalue weighted by atomic mass is 19.1. The van der Waals surface area contributed by atoms with Gasteiger partial charge in [-0.15, -0.1) is 0 Å². The van der Waals surface area contributed by atoms with Crippen LogP contribution in [0, 0.1) is 24.1 Å². The minimum absolute atomic E-state index is 0.0320. The van der Waals surface area contributed by atoms with Gasteiger partial charge in [0.15, 0.2) is 5.78 Å². The number of nitrogens with one attached hydrogen (secondary N) is 2. The van der Waals surface area contributed by atoms with Gasteiger partial charge in [-0.25, -0.2) is 9.37 Å². The van der Waals surface area contributed by atoms with Crippen molar-refractivity contribution in [1.29, 1.82) is 0 Å². The summed E-state index contributed by atoms with van der Waals surface area (Å²) >= 11 is 0. The van der Waals surface area contributed by atoms with Gasteiger partial charge < -0.3 is 15.2 Å². The van der Waals surface area contributed by atoms with Gasteiger partial charge in [0, 0.05) is 36.4 Å². The zero-order valence-electron chi connectivity index (χ0n) is 23.3. The second kappa shape index (κ2) is 11.4. The first-order valence-electron chi connectivity index (χ1n) is 13.9. The summed E-state index contributed by atoms with van der Waals surface area (Å²) in [7, 11) is 0. The molecule has 2 aromatic rings. The van der Waals surface area contributed by atoms with E-state index in [1.807, 2.05) is 31.7 Å². The van der Waals surface area contributed by atoms with Gasteiger partial charge >= 0.3 is 0 Å². The number of amides is 2. The number of aromatic amines is 1. The monoisotopic (exact) mass is 524 g/mol. The highest BCUT2D eigenvalue weighted by molar-refractivity contribution is 5.94. The molecule has 3 atom stereocenters. The quantitative estimate of drug-likeness (QED) is 0.465. The lowest BCUT2D eigenvalue weighted by Gasteiger charge is -2.42. The molecule has 8 heteroatoms. The molecule has 2 amide bonds. The van der Waals surface area contributed by atoms with Crippen molar-refractivity contribution in [3.63, 3.8) is 0 Å². The summed E-state index contributed by atoms with van der Waals surface area (Å²) in [6.07, 6.45) is 6.20. The molecule has 4 rings (SSSR count). The van der Waals surface area contributed by atoms with Gasteiger partial charge in [-0.2, -0.15) is 0 Å². The van der Waals surface area contributed by atoms with E-state index in [2.05, 4.69) is 29.1 Å². The smallest absolute Gasteiger partial charge is 0.225 e. The highest BCUT2D eigenvalue weighted by Crippen LogP contribution is 2.44. The van der Waals surface area contributed by atoms with E-state index in [0.29, 0.717) is 23.6 Å². The summed E-state index contributed by atoms with van der Waals surface area (Å²) in [5, 5.41) is 2.93. The minimum atomic E-state index is -0.876. The van der Waals surface area contributed by atoms with Crippen molar-refractivity contribution in [3.8, 4) is 11.3 Å². The topological polar surface area (TPSA) is 95.2 Å². The van der Waals surface area contributed by atoms with Crippen LogP contribution in [-0.2, 0) is 14.4 Å². The van der Waals surface area contributed by atoms with E-state index in [9.17, 15) is 18.8 Å². The molecule has 1 aliphatic carbocycles. The van der Waals surface area contributed by atoms with E-state index < -0.39 is 6.04 Å². The van der Waals surface area contributed by atoms with Crippen molar-refractivity contribution in [2.45, 2.75) is 97.6 Å². The van der Waals surface area contributed by atoms with Crippen molar-refractivity contribution in [2.24, 2.45) is 11.3 Å². The number of benzene rings is 1. The van der Waals surface area contributed by atoms with Crippen LogP contribution in [0.2, 0.25) is 0 Å². The van der Waals surface area contributed by atoms with E-state index in [1.54, 1.807) is 12.3 Å². The number of hydrogen-bond donors (Lipinski definition) is 2. The van der Waals surface area contributed by atoms with Crippen LogP contribution in [0.4, 0.5) is 4.39 Å². The van der Waals surface area contributed by atoms with Crippen LogP contribution in [-0.4, -0.2) is 51.1 Å². The summed E-state index contributed by atoms with van der Waals surface area (Å²) in [6.45, 7) is 10.7. The summed E-state index contributed by atoms with van der Waals surface area (Å²) < 4.78 is 14.5. The number of aryl methyl sites for hydroxylation is 1. The van der Waals surface area contributed by atoms with Crippen LogP contribution in [0.25, 0.3) is 11.3 Å². The van der Waals surface area contributed by atoms with Crippen LogP contribution < -0.4 is 5.32 Å². The number of H-pyrrole nitrogens is 1. The molecule has 0 spiro atoms. The Hall–Kier alpha value is -3.03. The Balaban J connectivity index is 1.45. The van der Waals surface area contributed by atoms with Crippen molar-refractivity contribution in [3.05, 3.63) is 41.6 Å². The van der Waals surface area contributed by atoms with Crippen molar-refractivity contribution in [2.75, 3.05) is 6.54 Å². The summed E-state index contributed by atoms with van der Waals surface area (Å²) in [5.74, 6) is -0.625. The molecule has 2 heterocycles. The summed E-state index contributed by atoms with van der Waals surface area (Å²) in [6, 6.07) is 4.28. The third-order valence-corrected chi connectivity index (χ3v) is 8.16. The summed E-state index contributed by atoms with van der Waals surface area (Å²) in [5.41, 5.74) is 1.92. The molecule has 38 heavy (non-hydrogen) atoms. The summed E-state index contributed by atoms with van der Waals surface area (Å²) in [4.78, 5) is 49.1. The largest absolute Gasteiger partial charge is 0.346 e. The number of imidazole rings is 1. The van der Waals surface area contributed by atoms with E-state index >= 15 is 0 Å². The number of nitrogens with zero attached hydrogens (tertiary/aromatic N) is 2. The molecule has 1 saturated carbocycles. The van der Waals surface area contributed by atoms with Crippen LogP contribution in [0.1, 0.15) is 89.9 Å². The molecular formula is C30H41FN4O3. The van der Waals surface area contributed by atoms with E-state index in [0.717, 1.165) is 37.7 Å². The lowest BCUT2D eigenvalue weighted by atomic mass is 9.64. The Kier molecular flexibility index (Phi) is 8.38. The number of likely N-dealkylation sites (tertiary alicyclic amines) is 1. The molecule has 0 bridgehead atoms. The van der Waals surface area contributed by atoms with Crippen molar-refractivity contribution >= 4 is 17.6 Å². The second-order valence-electron chi connectivity index (χ2n) is 12.2. The molecule has 206 valence electrons. The number of ketones is 1. The maximum absolute atomic E-state index is 14.5. The molecule has 1 aliphatic heterocycles. The van der Waals surface area contributed by atoms with Gasteiger partial charge in [0.2, 0.25) is 11.8 Å². The third-order valence-electron chi connectivity index (χ3n) is 8.16. The van der Waals surface area contributed by atoms with Crippen LogP contribution in [0.15, 0.2) is 24.4 Å². The Labute approximate surface area is 225 Å². The predicted molar refractivity (Wildman–Crippen MR) is 145 cm³/mol. The molecule has 1 aromatic carbocycles. The van der Waals surface area contributed by atoms with E-state index in [4.69, 9.17) is 0 Å². The Bertz CT molecular complexity index is 1180.